The van der Waals surface area contributed by atoms with Crippen molar-refractivity contribution >= 4 is 17.5 Å². The Bertz CT molecular complexity index is 530. The van der Waals surface area contributed by atoms with Gasteiger partial charge < -0.3 is 15.5 Å². The van der Waals surface area contributed by atoms with Crippen LogP contribution in [0.15, 0.2) is 24.3 Å². The van der Waals surface area contributed by atoms with E-state index in [9.17, 15) is 9.59 Å². The number of benzene rings is 1. The highest BCUT2D eigenvalue weighted by Gasteiger charge is 2.16. The summed E-state index contributed by atoms with van der Waals surface area (Å²) >= 11 is 0. The van der Waals surface area contributed by atoms with Crippen molar-refractivity contribution in [1.29, 1.82) is 0 Å². The highest BCUT2D eigenvalue weighted by molar-refractivity contribution is 5.91. The second-order valence-electron chi connectivity index (χ2n) is 7.41. The Hall–Kier alpha value is -1.88. The lowest BCUT2D eigenvalue weighted by Gasteiger charge is -2.19. The molecule has 1 aromatic carbocycles. The van der Waals surface area contributed by atoms with Gasteiger partial charge in [0.05, 0.1) is 7.05 Å². The molecule has 0 aliphatic heterocycles. The van der Waals surface area contributed by atoms with E-state index >= 15 is 0 Å². The fourth-order valence-electron chi connectivity index (χ4n) is 2.24. The molecule has 128 valence electrons. The number of carbonyl (C=O) groups excluding carboxylic acids is 2. The molecule has 1 unspecified atom stereocenters. The zero-order valence-electron chi connectivity index (χ0n) is 15.1. The number of carbonyl (C=O) groups is 2. The summed E-state index contributed by atoms with van der Waals surface area (Å²) in [7, 11) is 1.84. The van der Waals surface area contributed by atoms with Crippen LogP contribution in [0, 0.1) is 0 Å². The normalized spacial score (nSPS) is 12.8. The first kappa shape index (κ1) is 19.2. The fourth-order valence-corrected chi connectivity index (χ4v) is 2.24. The molecule has 0 spiro atoms. The van der Waals surface area contributed by atoms with Gasteiger partial charge in [0.15, 0.2) is 13.1 Å². The lowest BCUT2D eigenvalue weighted by atomic mass is 9.87. The maximum absolute atomic E-state index is 12.0. The quantitative estimate of drug-likeness (QED) is 0.731. The van der Waals surface area contributed by atoms with Gasteiger partial charge in [-0.15, -0.1) is 0 Å². The summed E-state index contributed by atoms with van der Waals surface area (Å²) in [4.78, 5) is 24.6. The smallest absolute Gasteiger partial charge is 0.279 e. The maximum Gasteiger partial charge on any atom is 0.279 e. The number of likely N-dealkylation sites (N-methyl/N-ethyl adjacent to an activating group) is 1. The van der Waals surface area contributed by atoms with E-state index in [-0.39, 0.29) is 36.4 Å². The molecule has 1 aromatic rings. The highest BCUT2D eigenvalue weighted by Crippen LogP contribution is 2.23. The van der Waals surface area contributed by atoms with Crippen molar-refractivity contribution in [2.45, 2.75) is 46.1 Å². The molecule has 1 rings (SSSR count). The van der Waals surface area contributed by atoms with Crippen LogP contribution in [0.1, 0.15) is 40.2 Å². The number of nitrogens with one attached hydrogen (secondary N) is 3. The fraction of sp³-hybridized carbons (Fsp3) is 0.556. The topological polar surface area (TPSA) is 62.6 Å². The number of rotatable bonds is 6. The first-order valence-corrected chi connectivity index (χ1v) is 8.09. The molecule has 3 N–H and O–H groups in total. The molecule has 0 bridgehead atoms. The molecule has 0 aromatic heterocycles. The Labute approximate surface area is 139 Å². The molecule has 0 heterocycles. The molecule has 1 atom stereocenters. The highest BCUT2D eigenvalue weighted by atomic mass is 16.2. The van der Waals surface area contributed by atoms with Crippen molar-refractivity contribution in [3.63, 3.8) is 0 Å². The Balaban J connectivity index is 2.48. The van der Waals surface area contributed by atoms with Crippen LogP contribution in [-0.4, -0.2) is 38.0 Å². The third kappa shape index (κ3) is 7.28. The van der Waals surface area contributed by atoms with Crippen molar-refractivity contribution in [2.24, 2.45) is 0 Å². The Kier molecular flexibility index (Phi) is 6.76. The van der Waals surface area contributed by atoms with Crippen LogP contribution in [0.5, 0.6) is 0 Å². The average molecular weight is 320 g/mol. The second kappa shape index (κ2) is 8.11. The van der Waals surface area contributed by atoms with Crippen LogP contribution in [0.2, 0.25) is 0 Å². The van der Waals surface area contributed by atoms with E-state index in [4.69, 9.17) is 0 Å². The summed E-state index contributed by atoms with van der Waals surface area (Å²) < 4.78 is 0. The number of hydrogen-bond acceptors (Lipinski definition) is 2. The van der Waals surface area contributed by atoms with Crippen LogP contribution in [-0.2, 0) is 15.0 Å². The molecule has 0 aliphatic rings. The van der Waals surface area contributed by atoms with Crippen LogP contribution < -0.4 is 15.5 Å². The standard InChI is InChI=1S/C18H29N3O2/c1-13(2)19-16(22)11-21(6)12-17(23)20-15-9-7-14(8-10-15)18(3,4)5/h7-10,13H,11-12H2,1-6H3,(H,19,22)(H,20,23)/p+1. The van der Waals surface area contributed by atoms with Crippen LogP contribution >= 0.6 is 0 Å². The number of amides is 2. The molecular formula is C18H30N3O2+. The first-order valence-electron chi connectivity index (χ1n) is 8.09. The van der Waals surface area contributed by atoms with Gasteiger partial charge in [0.1, 0.15) is 0 Å². The summed E-state index contributed by atoms with van der Waals surface area (Å²) in [5, 5.41) is 5.70. The largest absolute Gasteiger partial charge is 0.349 e. The van der Waals surface area contributed by atoms with Crippen molar-refractivity contribution < 1.29 is 14.5 Å². The molecular weight excluding hydrogens is 290 g/mol. The molecule has 23 heavy (non-hydrogen) atoms. The van der Waals surface area contributed by atoms with E-state index in [1.165, 1.54) is 5.56 Å². The number of anilines is 1. The zero-order chi connectivity index (χ0) is 17.6. The summed E-state index contributed by atoms with van der Waals surface area (Å²) in [5.41, 5.74) is 2.10. The Morgan fingerprint density at radius 1 is 1.04 bits per heavy atom. The predicted molar refractivity (Wildman–Crippen MR) is 93.7 cm³/mol. The third-order valence-electron chi connectivity index (χ3n) is 3.41. The molecule has 0 radical (unpaired) electrons. The van der Waals surface area contributed by atoms with Gasteiger partial charge in [-0.3, -0.25) is 9.59 Å². The predicted octanol–water partition coefficient (Wildman–Crippen LogP) is 0.962. The summed E-state index contributed by atoms with van der Waals surface area (Å²) in [6.45, 7) is 10.8. The van der Waals surface area contributed by atoms with Gasteiger partial charge in [0.25, 0.3) is 11.8 Å². The Morgan fingerprint density at radius 2 is 1.57 bits per heavy atom. The Morgan fingerprint density at radius 3 is 2.04 bits per heavy atom. The molecule has 0 fully saturated rings. The monoisotopic (exact) mass is 320 g/mol. The lowest BCUT2D eigenvalue weighted by Crippen LogP contribution is -3.11. The number of hydrogen-bond donors (Lipinski definition) is 3. The maximum atomic E-state index is 12.0. The van der Waals surface area contributed by atoms with E-state index < -0.39 is 0 Å². The van der Waals surface area contributed by atoms with E-state index in [1.807, 2.05) is 45.2 Å². The SMILES string of the molecule is CC(C)NC(=O)C[NH+](C)CC(=O)Nc1ccc(C(C)(C)C)cc1. The molecule has 0 saturated heterocycles. The molecule has 0 saturated carbocycles. The lowest BCUT2D eigenvalue weighted by molar-refractivity contribution is -0.862. The summed E-state index contributed by atoms with van der Waals surface area (Å²) in [5.74, 6) is -0.136. The van der Waals surface area contributed by atoms with Gasteiger partial charge in [-0.05, 0) is 37.0 Å². The van der Waals surface area contributed by atoms with E-state index in [1.54, 1.807) is 0 Å². The van der Waals surface area contributed by atoms with Gasteiger partial charge in [-0.25, -0.2) is 0 Å². The zero-order valence-corrected chi connectivity index (χ0v) is 15.1. The molecule has 5 heteroatoms. The van der Waals surface area contributed by atoms with Crippen LogP contribution in [0.4, 0.5) is 5.69 Å². The van der Waals surface area contributed by atoms with Gasteiger partial charge in [0, 0.05) is 11.7 Å². The minimum Gasteiger partial charge on any atom is -0.349 e. The van der Waals surface area contributed by atoms with Gasteiger partial charge in [-0.2, -0.15) is 0 Å². The molecule has 0 aliphatic carbocycles. The third-order valence-corrected chi connectivity index (χ3v) is 3.41. The van der Waals surface area contributed by atoms with Crippen LogP contribution in [0.3, 0.4) is 0 Å². The van der Waals surface area contributed by atoms with Crippen molar-refractivity contribution in [2.75, 3.05) is 25.5 Å². The minimum atomic E-state index is -0.0941. The summed E-state index contributed by atoms with van der Waals surface area (Å²) in [6.07, 6.45) is 0. The van der Waals surface area contributed by atoms with Gasteiger partial charge >= 0.3 is 0 Å². The average Bonchev–Trinajstić information content (AvgIpc) is 2.36. The summed E-state index contributed by atoms with van der Waals surface area (Å²) in [6, 6.07) is 8.01. The first-order chi connectivity index (χ1) is 10.6. The molecule has 5 nitrogen and oxygen atoms in total. The van der Waals surface area contributed by atoms with Crippen molar-refractivity contribution in [3.05, 3.63) is 29.8 Å². The molecule has 2 amide bonds. The van der Waals surface area contributed by atoms with E-state index in [0.29, 0.717) is 0 Å². The second-order valence-corrected chi connectivity index (χ2v) is 7.41. The number of quaternary nitrogens is 1. The van der Waals surface area contributed by atoms with Crippen LogP contribution in [0.25, 0.3) is 0 Å². The van der Waals surface area contributed by atoms with Crippen molar-refractivity contribution in [1.82, 2.24) is 5.32 Å². The van der Waals surface area contributed by atoms with E-state index in [0.717, 1.165) is 10.6 Å². The minimum absolute atomic E-state index is 0.0418. The van der Waals surface area contributed by atoms with Crippen molar-refractivity contribution in [3.8, 4) is 0 Å². The van der Waals surface area contributed by atoms with Gasteiger partial charge in [0.2, 0.25) is 0 Å². The van der Waals surface area contributed by atoms with Gasteiger partial charge in [-0.1, -0.05) is 32.9 Å². The van der Waals surface area contributed by atoms with E-state index in [2.05, 4.69) is 31.4 Å².